The molecule has 5 heteroatoms. The van der Waals surface area contributed by atoms with Gasteiger partial charge in [0.05, 0.1) is 6.54 Å². The molecule has 0 fully saturated rings. The second-order valence-corrected chi connectivity index (χ2v) is 4.70. The van der Waals surface area contributed by atoms with Crippen molar-refractivity contribution in [2.24, 2.45) is 0 Å². The van der Waals surface area contributed by atoms with E-state index in [9.17, 15) is 14.4 Å². The third-order valence-corrected chi connectivity index (χ3v) is 3.08. The summed E-state index contributed by atoms with van der Waals surface area (Å²) in [4.78, 5) is 34.6. The smallest absolute Gasteiger partial charge is 0.239 e. The zero-order valence-corrected chi connectivity index (χ0v) is 12.6. The first-order chi connectivity index (χ1) is 10.1. The summed E-state index contributed by atoms with van der Waals surface area (Å²) < 4.78 is 0. The number of hydrogen-bond acceptors (Lipinski definition) is 3. The predicted molar refractivity (Wildman–Crippen MR) is 81.1 cm³/mol. The number of carbonyl (C=O) groups excluding carboxylic acids is 3. The van der Waals surface area contributed by atoms with E-state index in [1.165, 1.54) is 5.56 Å². The molecule has 0 aliphatic carbocycles. The number of rotatable bonds is 8. The molecule has 0 aliphatic heterocycles. The van der Waals surface area contributed by atoms with Gasteiger partial charge in [0.25, 0.3) is 0 Å². The van der Waals surface area contributed by atoms with Crippen LogP contribution in [0.2, 0.25) is 0 Å². The zero-order valence-electron chi connectivity index (χ0n) is 12.6. The summed E-state index contributed by atoms with van der Waals surface area (Å²) in [7, 11) is 0. The maximum absolute atomic E-state index is 11.9. The number of ketones is 1. The molecule has 5 nitrogen and oxygen atoms in total. The highest BCUT2D eigenvalue weighted by Gasteiger charge is 2.10. The summed E-state index contributed by atoms with van der Waals surface area (Å²) >= 11 is 0. The highest BCUT2D eigenvalue weighted by atomic mass is 16.2. The molecule has 0 saturated carbocycles. The Kier molecular flexibility index (Phi) is 7.15. The van der Waals surface area contributed by atoms with Gasteiger partial charge < -0.3 is 10.6 Å². The average molecular weight is 290 g/mol. The van der Waals surface area contributed by atoms with Crippen LogP contribution in [0, 0.1) is 0 Å². The summed E-state index contributed by atoms with van der Waals surface area (Å²) in [5.41, 5.74) is 1.79. The van der Waals surface area contributed by atoms with Crippen LogP contribution < -0.4 is 10.6 Å². The lowest BCUT2D eigenvalue weighted by Crippen LogP contribution is -2.36. The minimum absolute atomic E-state index is 0.0495. The lowest BCUT2D eigenvalue weighted by molar-refractivity contribution is -0.126. The third kappa shape index (κ3) is 6.21. The second kappa shape index (κ2) is 8.89. The van der Waals surface area contributed by atoms with E-state index < -0.39 is 0 Å². The maximum atomic E-state index is 11.9. The quantitative estimate of drug-likeness (QED) is 0.712. The molecule has 0 spiro atoms. The van der Waals surface area contributed by atoms with Crippen molar-refractivity contribution in [3.8, 4) is 0 Å². The van der Waals surface area contributed by atoms with E-state index in [1.54, 1.807) is 12.1 Å². The van der Waals surface area contributed by atoms with Crippen molar-refractivity contribution in [3.63, 3.8) is 0 Å². The van der Waals surface area contributed by atoms with Crippen LogP contribution in [0.25, 0.3) is 0 Å². The van der Waals surface area contributed by atoms with Crippen LogP contribution in [0.5, 0.6) is 0 Å². The molecule has 0 aliphatic rings. The van der Waals surface area contributed by atoms with E-state index in [-0.39, 0.29) is 37.0 Å². The van der Waals surface area contributed by atoms with Gasteiger partial charge in [0.15, 0.2) is 5.78 Å². The van der Waals surface area contributed by atoms with Gasteiger partial charge >= 0.3 is 0 Å². The first-order valence-corrected chi connectivity index (χ1v) is 7.22. The molecule has 0 unspecified atom stereocenters. The molecule has 0 heterocycles. The summed E-state index contributed by atoms with van der Waals surface area (Å²) in [6, 6.07) is 7.41. The van der Waals surface area contributed by atoms with E-state index in [1.807, 2.05) is 19.1 Å². The van der Waals surface area contributed by atoms with E-state index in [2.05, 4.69) is 17.6 Å². The van der Waals surface area contributed by atoms with E-state index >= 15 is 0 Å². The van der Waals surface area contributed by atoms with Crippen molar-refractivity contribution in [3.05, 3.63) is 35.4 Å². The lowest BCUT2D eigenvalue weighted by atomic mass is 10.0. The number of carbonyl (C=O) groups is 3. The molecular formula is C16H22N2O3. The van der Waals surface area contributed by atoms with Crippen molar-refractivity contribution >= 4 is 17.6 Å². The van der Waals surface area contributed by atoms with Crippen molar-refractivity contribution in [2.75, 3.05) is 13.1 Å². The molecule has 1 aromatic rings. The Bertz CT molecular complexity index is 495. The van der Waals surface area contributed by atoms with Crippen molar-refractivity contribution in [1.82, 2.24) is 10.6 Å². The van der Waals surface area contributed by atoms with Crippen molar-refractivity contribution < 1.29 is 14.4 Å². The molecule has 0 radical (unpaired) electrons. The Hall–Kier alpha value is -2.17. The van der Waals surface area contributed by atoms with Crippen LogP contribution in [0.4, 0.5) is 0 Å². The minimum Gasteiger partial charge on any atom is -0.355 e. The molecular weight excluding hydrogens is 268 g/mol. The van der Waals surface area contributed by atoms with Crippen LogP contribution in [-0.4, -0.2) is 30.7 Å². The third-order valence-electron chi connectivity index (χ3n) is 3.08. The van der Waals surface area contributed by atoms with Gasteiger partial charge in [0.1, 0.15) is 0 Å². The fraction of sp³-hybridized carbons (Fsp3) is 0.438. The fourth-order valence-corrected chi connectivity index (χ4v) is 1.82. The number of amides is 2. The molecule has 1 aromatic carbocycles. The Labute approximate surface area is 125 Å². The molecule has 0 bridgehead atoms. The van der Waals surface area contributed by atoms with Crippen LogP contribution in [0.3, 0.4) is 0 Å². The summed E-state index contributed by atoms with van der Waals surface area (Å²) in [6.45, 7) is 4.34. The monoisotopic (exact) mass is 290 g/mol. The van der Waals surface area contributed by atoms with E-state index in [0.717, 1.165) is 6.42 Å². The summed E-state index contributed by atoms with van der Waals surface area (Å²) in [5.74, 6) is -0.585. The molecule has 0 saturated heterocycles. The second-order valence-electron chi connectivity index (χ2n) is 4.70. The minimum atomic E-state index is -0.292. The predicted octanol–water partition coefficient (Wildman–Crippen LogP) is 1.46. The Balaban J connectivity index is 2.34. The van der Waals surface area contributed by atoms with Gasteiger partial charge in [-0.05, 0) is 18.9 Å². The maximum Gasteiger partial charge on any atom is 0.239 e. The molecule has 2 amide bonds. The van der Waals surface area contributed by atoms with Gasteiger partial charge in [0, 0.05) is 24.9 Å². The normalized spacial score (nSPS) is 10.0. The highest BCUT2D eigenvalue weighted by molar-refractivity contribution is 5.98. The summed E-state index contributed by atoms with van der Waals surface area (Å²) in [6.07, 6.45) is 1.16. The van der Waals surface area contributed by atoms with Gasteiger partial charge in [0.2, 0.25) is 11.8 Å². The number of aryl methyl sites for hydroxylation is 1. The van der Waals surface area contributed by atoms with Gasteiger partial charge in [-0.15, -0.1) is 0 Å². The standard InChI is InChI=1S/C16H22N2O3/c1-3-12-5-7-13(8-6-12)14(19)9-10-15(20)18-11-16(21)17-4-2/h5-8H,3-4,9-11H2,1-2H3,(H,17,21)(H,18,20). The number of benzene rings is 1. The first-order valence-electron chi connectivity index (χ1n) is 7.22. The fourth-order valence-electron chi connectivity index (χ4n) is 1.82. The molecule has 0 aromatic heterocycles. The van der Waals surface area contributed by atoms with E-state index in [0.29, 0.717) is 12.1 Å². The molecule has 21 heavy (non-hydrogen) atoms. The van der Waals surface area contributed by atoms with Crippen LogP contribution in [0.1, 0.15) is 42.6 Å². The van der Waals surface area contributed by atoms with Gasteiger partial charge in [-0.3, -0.25) is 14.4 Å². The number of hydrogen-bond donors (Lipinski definition) is 2. The molecule has 0 atom stereocenters. The Morgan fingerprint density at radius 2 is 1.57 bits per heavy atom. The first kappa shape index (κ1) is 16.9. The molecule has 114 valence electrons. The van der Waals surface area contributed by atoms with Crippen LogP contribution >= 0.6 is 0 Å². The van der Waals surface area contributed by atoms with Crippen LogP contribution in [-0.2, 0) is 16.0 Å². The topological polar surface area (TPSA) is 75.3 Å². The van der Waals surface area contributed by atoms with Gasteiger partial charge in [-0.2, -0.15) is 0 Å². The van der Waals surface area contributed by atoms with Gasteiger partial charge in [-0.25, -0.2) is 0 Å². The molecule has 2 N–H and O–H groups in total. The average Bonchev–Trinajstić information content (AvgIpc) is 2.51. The van der Waals surface area contributed by atoms with Crippen molar-refractivity contribution in [1.29, 1.82) is 0 Å². The zero-order chi connectivity index (χ0) is 15.7. The van der Waals surface area contributed by atoms with E-state index in [4.69, 9.17) is 0 Å². The molecule has 1 rings (SSSR count). The number of likely N-dealkylation sites (N-methyl/N-ethyl adjacent to an activating group) is 1. The summed E-state index contributed by atoms with van der Waals surface area (Å²) in [5, 5.41) is 5.07. The lowest BCUT2D eigenvalue weighted by Gasteiger charge is -2.05. The van der Waals surface area contributed by atoms with Crippen molar-refractivity contribution in [2.45, 2.75) is 33.1 Å². The SMILES string of the molecule is CCNC(=O)CNC(=O)CCC(=O)c1ccc(CC)cc1. The largest absolute Gasteiger partial charge is 0.355 e. The van der Waals surface area contributed by atoms with Gasteiger partial charge in [-0.1, -0.05) is 31.2 Å². The number of nitrogens with one attached hydrogen (secondary N) is 2. The highest BCUT2D eigenvalue weighted by Crippen LogP contribution is 2.08. The Morgan fingerprint density at radius 3 is 2.14 bits per heavy atom. The number of Topliss-reactive ketones (excluding diaryl/α,β-unsaturated/α-hetero) is 1. The Morgan fingerprint density at radius 1 is 0.905 bits per heavy atom. The van der Waals surface area contributed by atoms with Crippen LogP contribution in [0.15, 0.2) is 24.3 Å².